The van der Waals surface area contributed by atoms with Crippen LogP contribution in [0.4, 0.5) is 0 Å². The Bertz CT molecular complexity index is 1910. The molecule has 0 bridgehead atoms. The number of rotatable bonds is 4. The molecule has 3 nitrogen and oxygen atoms in total. The number of hydrogen-bond acceptors (Lipinski definition) is 3. The van der Waals surface area contributed by atoms with Gasteiger partial charge < -0.3 is 0 Å². The van der Waals surface area contributed by atoms with Crippen LogP contribution in [0, 0.1) is 29.6 Å². The third kappa shape index (κ3) is 5.01. The summed E-state index contributed by atoms with van der Waals surface area (Å²) in [6.45, 7) is 9.66. The van der Waals surface area contributed by atoms with Gasteiger partial charge in [0.1, 0.15) is 0 Å². The second-order valence-electron chi connectivity index (χ2n) is 14.2. The van der Waals surface area contributed by atoms with Gasteiger partial charge in [-0.25, -0.2) is 15.0 Å². The minimum Gasteiger partial charge on any atom is -0.209 e. The van der Waals surface area contributed by atoms with E-state index in [2.05, 4.69) is 125 Å². The molecule has 0 amide bonds. The summed E-state index contributed by atoms with van der Waals surface area (Å²) in [5.41, 5.74) is 12.4. The first-order chi connectivity index (χ1) is 22.5. The maximum atomic E-state index is 5.23. The van der Waals surface area contributed by atoms with Gasteiger partial charge in [0.25, 0.3) is 0 Å². The van der Waals surface area contributed by atoms with Gasteiger partial charge in [0.2, 0.25) is 0 Å². The van der Waals surface area contributed by atoms with E-state index < -0.39 is 0 Å². The Balaban J connectivity index is 1.30. The van der Waals surface area contributed by atoms with Crippen molar-refractivity contribution in [3.63, 3.8) is 0 Å². The van der Waals surface area contributed by atoms with Crippen molar-refractivity contribution in [1.29, 1.82) is 0 Å². The Morgan fingerprint density at radius 2 is 1.41 bits per heavy atom. The predicted molar refractivity (Wildman–Crippen MR) is 190 cm³/mol. The molecule has 0 saturated heterocycles. The van der Waals surface area contributed by atoms with Crippen molar-refractivity contribution in [3.05, 3.63) is 143 Å². The van der Waals surface area contributed by atoms with Crippen LogP contribution in [0.15, 0.2) is 120 Å². The second kappa shape index (κ2) is 11.8. The first-order valence-electron chi connectivity index (χ1n) is 17.3. The lowest BCUT2D eigenvalue weighted by atomic mass is 9.56. The Kier molecular flexibility index (Phi) is 7.44. The van der Waals surface area contributed by atoms with Crippen LogP contribution in [-0.4, -0.2) is 15.0 Å². The smallest absolute Gasteiger partial charge is 0.164 e. The molecule has 5 aliphatic rings. The van der Waals surface area contributed by atoms with Crippen LogP contribution in [-0.2, 0) is 0 Å². The molecule has 5 aliphatic carbocycles. The van der Waals surface area contributed by atoms with Crippen LogP contribution >= 0.6 is 0 Å². The van der Waals surface area contributed by atoms with Crippen molar-refractivity contribution >= 4 is 16.7 Å². The minimum atomic E-state index is 0.392. The van der Waals surface area contributed by atoms with E-state index in [0.29, 0.717) is 35.5 Å². The lowest BCUT2D eigenvalue weighted by Gasteiger charge is -2.48. The molecule has 0 saturated carbocycles. The third-order valence-corrected chi connectivity index (χ3v) is 10.9. The normalized spacial score (nSPS) is 28.3. The Morgan fingerprint density at radius 3 is 2.22 bits per heavy atom. The number of fused-ring (bicyclic) bond motifs is 5. The fourth-order valence-corrected chi connectivity index (χ4v) is 8.73. The summed E-state index contributed by atoms with van der Waals surface area (Å²) in [5, 5.41) is 0. The molecule has 0 aliphatic heterocycles. The van der Waals surface area contributed by atoms with Gasteiger partial charge in [-0.15, -0.1) is 0 Å². The van der Waals surface area contributed by atoms with Gasteiger partial charge in [-0.3, -0.25) is 0 Å². The molecular formula is C43H43N3. The fourth-order valence-electron chi connectivity index (χ4n) is 8.73. The van der Waals surface area contributed by atoms with E-state index in [0.717, 1.165) is 54.3 Å². The third-order valence-electron chi connectivity index (χ3n) is 10.9. The Morgan fingerprint density at radius 1 is 0.696 bits per heavy atom. The van der Waals surface area contributed by atoms with Crippen molar-refractivity contribution in [2.75, 3.05) is 0 Å². The van der Waals surface area contributed by atoms with Gasteiger partial charge in [0.15, 0.2) is 17.5 Å². The van der Waals surface area contributed by atoms with Crippen LogP contribution in [0.1, 0.15) is 82.1 Å². The van der Waals surface area contributed by atoms with Crippen molar-refractivity contribution < 1.29 is 0 Å². The molecule has 0 radical (unpaired) electrons. The molecule has 46 heavy (non-hydrogen) atoms. The molecule has 2 aromatic carbocycles. The lowest BCUT2D eigenvalue weighted by Crippen LogP contribution is -2.36. The van der Waals surface area contributed by atoms with Gasteiger partial charge in [-0.1, -0.05) is 136 Å². The summed E-state index contributed by atoms with van der Waals surface area (Å²) in [6.07, 6.45) is 22.7. The summed E-state index contributed by atoms with van der Waals surface area (Å²) in [5.74, 6) is 5.16. The van der Waals surface area contributed by atoms with Gasteiger partial charge >= 0.3 is 0 Å². The highest BCUT2D eigenvalue weighted by Crippen LogP contribution is 2.57. The van der Waals surface area contributed by atoms with E-state index in [-0.39, 0.29) is 0 Å². The maximum absolute atomic E-state index is 5.23. The Hall–Kier alpha value is -4.37. The number of aromatic nitrogens is 3. The summed E-state index contributed by atoms with van der Waals surface area (Å²) in [6, 6.07) is 19.6. The van der Waals surface area contributed by atoms with Gasteiger partial charge in [-0.05, 0) is 94.6 Å². The number of nitrogens with zero attached hydrogens (tertiary/aromatic N) is 3. The molecule has 6 atom stereocenters. The van der Waals surface area contributed by atoms with Crippen LogP contribution < -0.4 is 0 Å². The number of benzene rings is 2. The average Bonchev–Trinajstić information content (AvgIpc) is 3.09. The zero-order valence-electron chi connectivity index (χ0n) is 27.4. The lowest BCUT2D eigenvalue weighted by molar-refractivity contribution is 0.297. The summed E-state index contributed by atoms with van der Waals surface area (Å²) >= 11 is 0. The van der Waals surface area contributed by atoms with Crippen molar-refractivity contribution in [2.45, 2.75) is 59.3 Å². The molecule has 0 N–H and O–H groups in total. The van der Waals surface area contributed by atoms with E-state index in [1.807, 2.05) is 6.07 Å². The first kappa shape index (κ1) is 29.1. The Labute approximate surface area is 274 Å². The summed E-state index contributed by atoms with van der Waals surface area (Å²) in [7, 11) is 0. The SMILES string of the molecule is CC1C=CC(c2nc(C3=CC=CCC3)nc(-c3ccccc3)n2)=C(C2=CC(C)C3c4ccccc4C4=C(CC(C)C=C4)C3C2C)C1. The van der Waals surface area contributed by atoms with Crippen molar-refractivity contribution in [1.82, 2.24) is 15.0 Å². The van der Waals surface area contributed by atoms with E-state index >= 15 is 0 Å². The summed E-state index contributed by atoms with van der Waals surface area (Å²) < 4.78 is 0. The standard InChI is InChI=1S/C43H43N3/c1-26-20-22-35(43-45-41(30-13-7-5-8-14-30)44-42(46-43)31-15-9-6-10-16-31)37(23-26)36-25-28(3)39-34-18-12-11-17-32(34)33-21-19-27(2)24-38(33)40(39)29(36)4/h5-9,11-15,17-22,25-29,39-40H,10,16,23-24H2,1-4H3. The van der Waals surface area contributed by atoms with Gasteiger partial charge in [0, 0.05) is 11.1 Å². The van der Waals surface area contributed by atoms with E-state index in [4.69, 9.17) is 15.0 Å². The zero-order chi connectivity index (χ0) is 31.4. The molecular weight excluding hydrogens is 558 g/mol. The summed E-state index contributed by atoms with van der Waals surface area (Å²) in [4.78, 5) is 15.5. The van der Waals surface area contributed by atoms with Crippen LogP contribution in [0.3, 0.4) is 0 Å². The van der Waals surface area contributed by atoms with Crippen LogP contribution in [0.2, 0.25) is 0 Å². The molecule has 3 heteroatoms. The second-order valence-corrected chi connectivity index (χ2v) is 14.2. The molecule has 0 fully saturated rings. The van der Waals surface area contributed by atoms with E-state index in [1.54, 1.807) is 5.57 Å². The maximum Gasteiger partial charge on any atom is 0.164 e. The number of hydrogen-bond donors (Lipinski definition) is 0. The molecule has 8 rings (SSSR count). The highest BCUT2D eigenvalue weighted by molar-refractivity contribution is 5.84. The average molecular weight is 602 g/mol. The molecule has 3 aromatic rings. The molecule has 230 valence electrons. The molecule has 1 heterocycles. The number of allylic oxidation sites excluding steroid dienone is 14. The van der Waals surface area contributed by atoms with Crippen molar-refractivity contribution in [3.8, 4) is 11.4 Å². The first-order valence-corrected chi connectivity index (χ1v) is 17.3. The molecule has 1 aromatic heterocycles. The minimum absolute atomic E-state index is 0.392. The highest BCUT2D eigenvalue weighted by atomic mass is 15.0. The van der Waals surface area contributed by atoms with Gasteiger partial charge in [-0.2, -0.15) is 0 Å². The molecule has 6 unspecified atom stereocenters. The predicted octanol–water partition coefficient (Wildman–Crippen LogP) is 10.6. The van der Waals surface area contributed by atoms with E-state index in [9.17, 15) is 0 Å². The largest absolute Gasteiger partial charge is 0.209 e. The van der Waals surface area contributed by atoms with E-state index in [1.165, 1.54) is 33.4 Å². The van der Waals surface area contributed by atoms with Crippen molar-refractivity contribution in [2.24, 2.45) is 29.6 Å². The quantitative estimate of drug-likeness (QED) is 0.299. The highest BCUT2D eigenvalue weighted by Gasteiger charge is 2.45. The molecule has 0 spiro atoms. The zero-order valence-corrected chi connectivity index (χ0v) is 27.4. The topological polar surface area (TPSA) is 38.7 Å². The fraction of sp³-hybridized carbons (Fsp3) is 0.326. The van der Waals surface area contributed by atoms with Crippen LogP contribution in [0.5, 0.6) is 0 Å². The van der Waals surface area contributed by atoms with Gasteiger partial charge in [0.05, 0.1) is 0 Å². The van der Waals surface area contributed by atoms with Crippen LogP contribution in [0.25, 0.3) is 28.1 Å². The monoisotopic (exact) mass is 601 g/mol.